The third-order valence-electron chi connectivity index (χ3n) is 2.49. The summed E-state index contributed by atoms with van der Waals surface area (Å²) in [7, 11) is -2.31. The fourth-order valence-corrected chi connectivity index (χ4v) is 2.67. The number of sulfonamides is 1. The lowest BCUT2D eigenvalue weighted by atomic mass is 10.2. The topological polar surface area (TPSA) is 90.0 Å². The zero-order chi connectivity index (χ0) is 14.9. The number of rotatable bonds is 4. The first-order valence-corrected chi connectivity index (χ1v) is 7.29. The van der Waals surface area contributed by atoms with Crippen molar-refractivity contribution in [3.8, 4) is 0 Å². The van der Waals surface area contributed by atoms with Crippen LogP contribution in [0.3, 0.4) is 0 Å². The van der Waals surface area contributed by atoms with Gasteiger partial charge in [0.15, 0.2) is 0 Å². The molecule has 9 heteroatoms. The summed E-state index contributed by atoms with van der Waals surface area (Å²) < 4.78 is 41.3. The molecule has 0 fully saturated rings. The minimum atomic E-state index is -3.89. The van der Waals surface area contributed by atoms with Gasteiger partial charge in [-0.05, 0) is 18.2 Å². The second-order valence-electron chi connectivity index (χ2n) is 4.01. The molecule has 2 aromatic rings. The summed E-state index contributed by atoms with van der Waals surface area (Å²) in [4.78, 5) is -0.0246. The average Bonchev–Trinajstić information content (AvgIpc) is 2.79. The number of anilines is 1. The third kappa shape index (κ3) is 2.94. The Bertz CT molecular complexity index is 770. The van der Waals surface area contributed by atoms with E-state index in [1.54, 1.807) is 7.05 Å². The van der Waals surface area contributed by atoms with E-state index >= 15 is 0 Å². The molecule has 0 spiro atoms. The zero-order valence-corrected chi connectivity index (χ0v) is 12.0. The summed E-state index contributed by atoms with van der Waals surface area (Å²) in [6, 6.07) is 3.77. The molecule has 3 N–H and O–H groups in total. The monoisotopic (exact) mass is 314 g/mol. The Balaban J connectivity index is 2.32. The summed E-state index contributed by atoms with van der Waals surface area (Å²) in [5, 5.41) is 3.75. The Morgan fingerprint density at radius 1 is 1.50 bits per heavy atom. The Hall–Kier alpha value is -2.00. The number of nitrogens with one attached hydrogen (secondary N) is 1. The highest BCUT2D eigenvalue weighted by Crippen LogP contribution is 2.20. The molecule has 0 atom stereocenters. The van der Waals surface area contributed by atoms with Crippen molar-refractivity contribution in [2.24, 2.45) is 12.8 Å². The molecule has 0 radical (unpaired) electrons. The van der Waals surface area contributed by atoms with Crippen molar-refractivity contribution in [3.05, 3.63) is 42.0 Å². The minimum Gasteiger partial charge on any atom is -0.389 e. The summed E-state index contributed by atoms with van der Waals surface area (Å²) in [6.07, 6.45) is 2.48. The average molecular weight is 314 g/mol. The van der Waals surface area contributed by atoms with Gasteiger partial charge in [0.2, 0.25) is 0 Å². The van der Waals surface area contributed by atoms with Crippen LogP contribution in [0, 0.1) is 5.82 Å². The van der Waals surface area contributed by atoms with E-state index in [2.05, 4.69) is 9.82 Å². The normalized spacial score (nSPS) is 11.3. The molecule has 0 saturated carbocycles. The number of thiocarbonyl (C=S) groups is 1. The van der Waals surface area contributed by atoms with E-state index in [9.17, 15) is 12.8 Å². The molecule has 106 valence electrons. The van der Waals surface area contributed by atoms with Crippen LogP contribution in [-0.2, 0) is 17.1 Å². The molecule has 2 rings (SSSR count). The van der Waals surface area contributed by atoms with Crippen molar-refractivity contribution in [3.63, 3.8) is 0 Å². The summed E-state index contributed by atoms with van der Waals surface area (Å²) in [6.45, 7) is 0. The number of benzene rings is 1. The Morgan fingerprint density at radius 2 is 2.20 bits per heavy atom. The van der Waals surface area contributed by atoms with Crippen LogP contribution in [0.25, 0.3) is 0 Å². The van der Waals surface area contributed by atoms with Crippen molar-refractivity contribution in [1.29, 1.82) is 0 Å². The third-order valence-corrected chi connectivity index (χ3v) is 4.05. The zero-order valence-electron chi connectivity index (χ0n) is 10.4. The van der Waals surface area contributed by atoms with Crippen molar-refractivity contribution in [2.45, 2.75) is 4.90 Å². The van der Waals surface area contributed by atoms with Gasteiger partial charge in [-0.15, -0.1) is 0 Å². The maximum atomic E-state index is 13.8. The summed E-state index contributed by atoms with van der Waals surface area (Å²) in [5.41, 5.74) is 5.50. The Labute approximate surface area is 120 Å². The number of aromatic nitrogens is 2. The summed E-state index contributed by atoms with van der Waals surface area (Å²) in [5.74, 6) is -0.761. The fraction of sp³-hybridized carbons (Fsp3) is 0.0909. The predicted molar refractivity (Wildman–Crippen MR) is 76.3 cm³/mol. The molecule has 0 bridgehead atoms. The van der Waals surface area contributed by atoms with Gasteiger partial charge in [-0.2, -0.15) is 5.10 Å². The minimum absolute atomic E-state index is 0.0329. The Morgan fingerprint density at radius 3 is 2.70 bits per heavy atom. The molecule has 1 aromatic carbocycles. The number of nitrogens with zero attached hydrogens (tertiary/aromatic N) is 2. The lowest BCUT2D eigenvalue weighted by molar-refractivity contribution is 0.598. The van der Waals surface area contributed by atoms with Gasteiger partial charge >= 0.3 is 0 Å². The molecule has 0 aliphatic rings. The molecular formula is C11H11FN4O2S2. The van der Waals surface area contributed by atoms with Gasteiger partial charge < -0.3 is 5.73 Å². The van der Waals surface area contributed by atoms with E-state index in [1.807, 2.05) is 0 Å². The SMILES string of the molecule is Cn1cc(S(=O)(=O)Nc2ccc(C(N)=S)cc2F)cn1. The molecule has 0 aliphatic carbocycles. The first-order chi connectivity index (χ1) is 9.29. The van der Waals surface area contributed by atoms with Crippen molar-refractivity contribution in [2.75, 3.05) is 4.72 Å². The number of hydrogen-bond acceptors (Lipinski definition) is 4. The lowest BCUT2D eigenvalue weighted by Gasteiger charge is -2.08. The second kappa shape index (κ2) is 5.17. The molecule has 20 heavy (non-hydrogen) atoms. The highest BCUT2D eigenvalue weighted by molar-refractivity contribution is 7.92. The van der Waals surface area contributed by atoms with Gasteiger partial charge in [0.25, 0.3) is 10.0 Å². The van der Waals surface area contributed by atoms with E-state index in [0.717, 1.165) is 6.07 Å². The van der Waals surface area contributed by atoms with E-state index in [0.29, 0.717) is 5.56 Å². The van der Waals surface area contributed by atoms with Crippen LogP contribution in [0.2, 0.25) is 0 Å². The molecule has 1 aromatic heterocycles. The maximum Gasteiger partial charge on any atom is 0.265 e. The highest BCUT2D eigenvalue weighted by atomic mass is 32.2. The molecule has 1 heterocycles. The number of hydrogen-bond donors (Lipinski definition) is 2. The van der Waals surface area contributed by atoms with Gasteiger partial charge in [0.05, 0.1) is 11.9 Å². The van der Waals surface area contributed by atoms with Crippen LogP contribution in [0.15, 0.2) is 35.5 Å². The van der Waals surface area contributed by atoms with Crippen LogP contribution in [0.1, 0.15) is 5.56 Å². The molecule has 0 saturated heterocycles. The fourth-order valence-electron chi connectivity index (χ4n) is 1.49. The highest BCUT2D eigenvalue weighted by Gasteiger charge is 2.18. The van der Waals surface area contributed by atoms with Gasteiger partial charge in [0.1, 0.15) is 15.7 Å². The van der Waals surface area contributed by atoms with Gasteiger partial charge in [-0.1, -0.05) is 12.2 Å². The smallest absolute Gasteiger partial charge is 0.265 e. The molecular weight excluding hydrogens is 303 g/mol. The number of halogens is 1. The van der Waals surface area contributed by atoms with Crippen LogP contribution in [0.4, 0.5) is 10.1 Å². The largest absolute Gasteiger partial charge is 0.389 e. The van der Waals surface area contributed by atoms with E-state index in [1.165, 1.54) is 29.2 Å². The molecule has 6 nitrogen and oxygen atoms in total. The van der Waals surface area contributed by atoms with E-state index in [-0.39, 0.29) is 15.6 Å². The van der Waals surface area contributed by atoms with E-state index in [4.69, 9.17) is 18.0 Å². The van der Waals surface area contributed by atoms with Crippen LogP contribution in [-0.4, -0.2) is 23.2 Å². The molecule has 0 unspecified atom stereocenters. The van der Waals surface area contributed by atoms with Crippen molar-refractivity contribution < 1.29 is 12.8 Å². The van der Waals surface area contributed by atoms with E-state index < -0.39 is 15.8 Å². The standard InChI is InChI=1S/C11H11FN4O2S2/c1-16-6-8(5-14-16)20(17,18)15-10-3-2-7(11(13)19)4-9(10)12/h2-6,15H,1H3,(H2,13,19). The van der Waals surface area contributed by atoms with Crippen LogP contribution < -0.4 is 10.5 Å². The number of nitrogens with two attached hydrogens (primary N) is 1. The maximum absolute atomic E-state index is 13.8. The van der Waals surface area contributed by atoms with Crippen LogP contribution >= 0.6 is 12.2 Å². The van der Waals surface area contributed by atoms with Crippen molar-refractivity contribution >= 4 is 32.9 Å². The first kappa shape index (κ1) is 14.4. The number of aryl methyl sites for hydroxylation is 1. The van der Waals surface area contributed by atoms with Gasteiger partial charge in [0, 0.05) is 18.8 Å². The summed E-state index contributed by atoms with van der Waals surface area (Å²) >= 11 is 4.72. The first-order valence-electron chi connectivity index (χ1n) is 5.40. The molecule has 0 aliphatic heterocycles. The molecule has 0 amide bonds. The Kier molecular flexibility index (Phi) is 3.73. The lowest BCUT2D eigenvalue weighted by Crippen LogP contribution is -2.15. The van der Waals surface area contributed by atoms with Crippen LogP contribution in [0.5, 0.6) is 0 Å². The quantitative estimate of drug-likeness (QED) is 0.822. The van der Waals surface area contributed by atoms with Crippen molar-refractivity contribution in [1.82, 2.24) is 9.78 Å². The second-order valence-corrected chi connectivity index (χ2v) is 6.14. The predicted octanol–water partition coefficient (Wildman–Crippen LogP) is 0.994. The van der Waals surface area contributed by atoms with Gasteiger partial charge in [-0.3, -0.25) is 9.40 Å². The van der Waals surface area contributed by atoms with Gasteiger partial charge in [-0.25, -0.2) is 12.8 Å².